The molecule has 14 heavy (non-hydrogen) atoms. The molecule has 0 aliphatic rings. The zero-order valence-corrected chi connectivity index (χ0v) is 8.21. The smallest absolute Gasteiger partial charge is 0.145 e. The molecule has 0 atom stereocenters. The maximum Gasteiger partial charge on any atom is 0.145 e. The van der Waals surface area contributed by atoms with Crippen LogP contribution in [0.5, 0.6) is 0 Å². The van der Waals surface area contributed by atoms with Crippen LogP contribution < -0.4 is 5.32 Å². The van der Waals surface area contributed by atoms with Crippen molar-refractivity contribution in [2.45, 2.75) is 0 Å². The van der Waals surface area contributed by atoms with Crippen LogP contribution in [0.2, 0.25) is 0 Å². The molecular weight excluding hydrogens is 194 g/mol. The Morgan fingerprint density at radius 2 is 2.00 bits per heavy atom. The first-order valence-corrected chi connectivity index (χ1v) is 5.01. The number of rotatable bonds is 2. The molecule has 4 heteroatoms. The van der Waals surface area contributed by atoms with Gasteiger partial charge in [0.15, 0.2) is 0 Å². The van der Waals surface area contributed by atoms with Crippen molar-refractivity contribution in [3.05, 3.63) is 47.3 Å². The Kier molecular flexibility index (Phi) is 2.55. The van der Waals surface area contributed by atoms with Gasteiger partial charge in [-0.25, -0.2) is 0 Å². The number of benzene rings is 1. The van der Waals surface area contributed by atoms with Crippen molar-refractivity contribution in [3.63, 3.8) is 0 Å². The molecule has 1 aromatic heterocycles. The molecule has 70 valence electrons. The van der Waals surface area contributed by atoms with Crippen LogP contribution in [0.15, 0.2) is 41.8 Å². The summed E-state index contributed by atoms with van der Waals surface area (Å²) in [6, 6.07) is 11.4. The van der Waals surface area contributed by atoms with E-state index in [-0.39, 0.29) is 0 Å². The zero-order chi connectivity index (χ0) is 9.80. The molecule has 1 aromatic carbocycles. The van der Waals surface area contributed by atoms with E-state index in [1.807, 2.05) is 41.8 Å². The third-order valence-electron chi connectivity index (χ3n) is 1.75. The molecule has 0 unspecified atom stereocenters. The number of hydrogen-bond donors (Lipinski definition) is 2. The second-order valence-electron chi connectivity index (χ2n) is 2.75. The van der Waals surface area contributed by atoms with E-state index in [4.69, 9.17) is 5.41 Å². The lowest BCUT2D eigenvalue weighted by Gasteiger charge is -2.03. The molecule has 0 aliphatic carbocycles. The fourth-order valence-corrected chi connectivity index (χ4v) is 1.55. The molecule has 2 N–H and O–H groups in total. The van der Waals surface area contributed by atoms with Gasteiger partial charge in [0.25, 0.3) is 0 Å². The van der Waals surface area contributed by atoms with Crippen LogP contribution in [0.1, 0.15) is 5.56 Å². The van der Waals surface area contributed by atoms with Gasteiger partial charge in [-0.05, 0) is 17.6 Å². The highest BCUT2D eigenvalue weighted by molar-refractivity contribution is 7.03. The number of hydrogen-bond acceptors (Lipinski definition) is 3. The lowest BCUT2D eigenvalue weighted by Crippen LogP contribution is -2.11. The second-order valence-corrected chi connectivity index (χ2v) is 3.42. The highest BCUT2D eigenvalue weighted by Crippen LogP contribution is 2.08. The minimum Gasteiger partial charge on any atom is -0.324 e. The van der Waals surface area contributed by atoms with Crippen LogP contribution >= 0.6 is 11.5 Å². The van der Waals surface area contributed by atoms with Gasteiger partial charge >= 0.3 is 0 Å². The van der Waals surface area contributed by atoms with E-state index in [1.54, 1.807) is 0 Å². The number of nitrogens with one attached hydrogen (secondary N) is 2. The summed E-state index contributed by atoms with van der Waals surface area (Å²) in [4.78, 5) is 0. The van der Waals surface area contributed by atoms with Crippen molar-refractivity contribution < 1.29 is 0 Å². The van der Waals surface area contributed by atoms with Gasteiger partial charge in [0.05, 0.1) is 0 Å². The third-order valence-corrected chi connectivity index (χ3v) is 2.31. The summed E-state index contributed by atoms with van der Waals surface area (Å²) in [5, 5.41) is 12.6. The van der Waals surface area contributed by atoms with Gasteiger partial charge in [0.2, 0.25) is 0 Å². The summed E-state index contributed by atoms with van der Waals surface area (Å²) >= 11 is 1.37. The Morgan fingerprint density at radius 1 is 1.21 bits per heavy atom. The topological polar surface area (TPSA) is 48.8 Å². The van der Waals surface area contributed by atoms with E-state index in [2.05, 4.69) is 9.69 Å². The van der Waals surface area contributed by atoms with Crippen molar-refractivity contribution in [1.82, 2.24) is 4.37 Å². The summed E-state index contributed by atoms with van der Waals surface area (Å²) in [7, 11) is 0. The first-order chi connectivity index (χ1) is 6.86. The number of anilines is 1. The molecule has 0 spiro atoms. The van der Waals surface area contributed by atoms with Gasteiger partial charge in [-0.3, -0.25) is 5.41 Å². The lowest BCUT2D eigenvalue weighted by atomic mass is 10.2. The molecule has 2 rings (SSSR count). The molecule has 0 bridgehead atoms. The maximum atomic E-state index is 7.76. The fourth-order valence-electron chi connectivity index (χ4n) is 1.08. The number of nitrogens with zero attached hydrogens (tertiary/aromatic N) is 1. The minimum atomic E-state index is 0.372. The quantitative estimate of drug-likeness (QED) is 0.582. The Hall–Kier alpha value is -1.68. The van der Waals surface area contributed by atoms with Gasteiger partial charge in [-0.2, -0.15) is 4.37 Å². The molecule has 0 saturated heterocycles. The average molecular weight is 203 g/mol. The van der Waals surface area contributed by atoms with Crippen molar-refractivity contribution in [2.24, 2.45) is 0 Å². The molecule has 0 fully saturated rings. The summed E-state index contributed by atoms with van der Waals surface area (Å²) in [6.07, 6.45) is 0. The van der Waals surface area contributed by atoms with Crippen LogP contribution in [-0.2, 0) is 0 Å². The summed E-state index contributed by atoms with van der Waals surface area (Å²) in [5.41, 5.74) is 0.862. The second kappa shape index (κ2) is 4.02. The maximum absolute atomic E-state index is 7.76. The summed E-state index contributed by atoms with van der Waals surface area (Å²) in [6.45, 7) is 0. The van der Waals surface area contributed by atoms with Crippen LogP contribution in [-0.4, -0.2) is 10.2 Å². The fraction of sp³-hybridized carbons (Fsp3) is 0. The SMILES string of the molecule is N=C(Nc1ccsn1)c1ccccc1. The van der Waals surface area contributed by atoms with E-state index in [1.165, 1.54) is 11.5 Å². The van der Waals surface area contributed by atoms with E-state index < -0.39 is 0 Å². The highest BCUT2D eigenvalue weighted by Gasteiger charge is 2.01. The molecule has 1 heterocycles. The molecular formula is C10H9N3S. The van der Waals surface area contributed by atoms with Crippen molar-refractivity contribution in [3.8, 4) is 0 Å². The van der Waals surface area contributed by atoms with Gasteiger partial charge in [0.1, 0.15) is 11.7 Å². The van der Waals surface area contributed by atoms with E-state index in [0.29, 0.717) is 5.84 Å². The van der Waals surface area contributed by atoms with Crippen molar-refractivity contribution in [1.29, 1.82) is 5.41 Å². The van der Waals surface area contributed by atoms with Gasteiger partial charge in [-0.15, -0.1) is 0 Å². The van der Waals surface area contributed by atoms with Crippen molar-refractivity contribution in [2.75, 3.05) is 5.32 Å². The number of aromatic nitrogens is 1. The summed E-state index contributed by atoms with van der Waals surface area (Å²) < 4.78 is 4.07. The van der Waals surface area contributed by atoms with Crippen LogP contribution in [0.25, 0.3) is 0 Å². The van der Waals surface area contributed by atoms with Gasteiger partial charge in [0, 0.05) is 10.9 Å². The average Bonchev–Trinajstić information content (AvgIpc) is 2.72. The molecule has 0 aliphatic heterocycles. The van der Waals surface area contributed by atoms with Crippen LogP contribution in [0.4, 0.5) is 5.82 Å². The normalized spacial score (nSPS) is 9.71. The Bertz CT molecular complexity index is 408. The predicted molar refractivity (Wildman–Crippen MR) is 59.0 cm³/mol. The number of amidine groups is 1. The van der Waals surface area contributed by atoms with Gasteiger partial charge in [-0.1, -0.05) is 30.3 Å². The van der Waals surface area contributed by atoms with Crippen LogP contribution in [0.3, 0.4) is 0 Å². The largest absolute Gasteiger partial charge is 0.324 e. The molecule has 2 aromatic rings. The zero-order valence-electron chi connectivity index (χ0n) is 7.40. The first-order valence-electron chi connectivity index (χ1n) is 4.17. The van der Waals surface area contributed by atoms with E-state index in [0.717, 1.165) is 11.4 Å². The lowest BCUT2D eigenvalue weighted by molar-refractivity contribution is 1.42. The standard InChI is InChI=1S/C10H9N3S/c11-10(8-4-2-1-3-5-8)12-9-6-7-14-13-9/h1-7H,(H2,11,12,13). The molecule has 0 radical (unpaired) electrons. The molecule has 3 nitrogen and oxygen atoms in total. The predicted octanol–water partition coefficient (Wildman–Crippen LogP) is 2.58. The Balaban J connectivity index is 2.11. The summed E-state index contributed by atoms with van der Waals surface area (Å²) in [5.74, 6) is 1.10. The van der Waals surface area contributed by atoms with Crippen molar-refractivity contribution >= 4 is 23.2 Å². The molecule has 0 amide bonds. The Morgan fingerprint density at radius 3 is 2.64 bits per heavy atom. The Labute approximate surface area is 86.1 Å². The van der Waals surface area contributed by atoms with Gasteiger partial charge < -0.3 is 5.32 Å². The highest BCUT2D eigenvalue weighted by atomic mass is 32.1. The minimum absolute atomic E-state index is 0.372. The van der Waals surface area contributed by atoms with E-state index >= 15 is 0 Å². The molecule has 0 saturated carbocycles. The monoisotopic (exact) mass is 203 g/mol. The first kappa shape index (κ1) is 8.90. The third kappa shape index (κ3) is 1.97. The van der Waals surface area contributed by atoms with E-state index in [9.17, 15) is 0 Å². The van der Waals surface area contributed by atoms with Crippen LogP contribution in [0, 0.1) is 5.41 Å².